The van der Waals surface area contributed by atoms with Gasteiger partial charge in [0.05, 0.1) is 6.04 Å². The molecular formula is C20H20ClN3O3. The van der Waals surface area contributed by atoms with Crippen molar-refractivity contribution in [1.29, 1.82) is 0 Å². The molecule has 6 nitrogen and oxygen atoms in total. The Morgan fingerprint density at radius 3 is 2.52 bits per heavy atom. The Hall–Kier alpha value is -2.86. The van der Waals surface area contributed by atoms with E-state index >= 15 is 0 Å². The molecule has 3 aromatic rings. The van der Waals surface area contributed by atoms with Crippen LogP contribution in [-0.4, -0.2) is 22.7 Å². The lowest BCUT2D eigenvalue weighted by Crippen LogP contribution is -2.31. The minimum atomic E-state index is -0.203. The van der Waals surface area contributed by atoms with E-state index in [9.17, 15) is 4.79 Å². The second-order valence-corrected chi connectivity index (χ2v) is 6.46. The van der Waals surface area contributed by atoms with E-state index in [0.717, 1.165) is 11.1 Å². The Morgan fingerprint density at radius 1 is 1.19 bits per heavy atom. The molecule has 1 heterocycles. The number of aryl methyl sites for hydroxylation is 1. The van der Waals surface area contributed by atoms with Crippen molar-refractivity contribution in [3.05, 3.63) is 64.9 Å². The molecule has 1 amide bonds. The zero-order valence-corrected chi connectivity index (χ0v) is 15.9. The molecule has 0 unspecified atom stereocenters. The molecule has 0 radical (unpaired) electrons. The van der Waals surface area contributed by atoms with E-state index in [1.54, 1.807) is 24.3 Å². The van der Waals surface area contributed by atoms with Crippen LogP contribution in [-0.2, 0) is 11.2 Å². The highest BCUT2D eigenvalue weighted by molar-refractivity contribution is 6.30. The molecule has 27 heavy (non-hydrogen) atoms. The second-order valence-electron chi connectivity index (χ2n) is 6.02. The SMILES string of the molecule is CCc1noc(-c2ccc(OCC(=O)N[C@H](C)c3ccc(Cl)cc3)cc2)n1. The predicted molar refractivity (Wildman–Crippen MR) is 103 cm³/mol. The number of halogens is 1. The summed E-state index contributed by atoms with van der Waals surface area (Å²) >= 11 is 5.88. The summed E-state index contributed by atoms with van der Waals surface area (Å²) in [6, 6.07) is 14.4. The molecule has 140 valence electrons. The summed E-state index contributed by atoms with van der Waals surface area (Å²) in [5, 5.41) is 7.43. The maximum atomic E-state index is 12.1. The Bertz CT molecular complexity index is 892. The fourth-order valence-corrected chi connectivity index (χ4v) is 2.60. The molecule has 0 bridgehead atoms. The van der Waals surface area contributed by atoms with Gasteiger partial charge in [-0.15, -0.1) is 0 Å². The number of carbonyl (C=O) groups excluding carboxylic acids is 1. The standard InChI is InChI=1S/C20H20ClN3O3/c1-3-18-23-20(27-24-18)15-6-10-17(11-7-15)26-12-19(25)22-13(2)14-4-8-16(21)9-5-14/h4-11,13H,3,12H2,1-2H3,(H,22,25)/t13-/m1/s1. The number of amides is 1. The van der Waals surface area contributed by atoms with E-state index in [0.29, 0.717) is 28.9 Å². The van der Waals surface area contributed by atoms with E-state index in [1.807, 2.05) is 38.1 Å². The largest absolute Gasteiger partial charge is 0.484 e. The van der Waals surface area contributed by atoms with Crippen LogP contribution in [0.25, 0.3) is 11.5 Å². The summed E-state index contributed by atoms with van der Waals surface area (Å²) in [5.41, 5.74) is 1.78. The van der Waals surface area contributed by atoms with Crippen LogP contribution in [0.15, 0.2) is 53.1 Å². The number of nitrogens with one attached hydrogen (secondary N) is 1. The van der Waals surface area contributed by atoms with Gasteiger partial charge < -0.3 is 14.6 Å². The molecule has 7 heteroatoms. The van der Waals surface area contributed by atoms with E-state index in [2.05, 4.69) is 15.5 Å². The molecule has 1 atom stereocenters. The van der Waals surface area contributed by atoms with Crippen molar-refractivity contribution in [3.8, 4) is 17.2 Å². The lowest BCUT2D eigenvalue weighted by atomic mass is 10.1. The van der Waals surface area contributed by atoms with Crippen LogP contribution in [0.1, 0.15) is 31.3 Å². The topological polar surface area (TPSA) is 77.2 Å². The smallest absolute Gasteiger partial charge is 0.258 e. The number of carbonyl (C=O) groups is 1. The van der Waals surface area contributed by atoms with Crippen LogP contribution >= 0.6 is 11.6 Å². The number of nitrogens with zero attached hydrogens (tertiary/aromatic N) is 2. The molecule has 0 aliphatic carbocycles. The molecule has 0 saturated carbocycles. The number of rotatable bonds is 7. The van der Waals surface area contributed by atoms with Crippen molar-refractivity contribution >= 4 is 17.5 Å². The van der Waals surface area contributed by atoms with Crippen molar-refractivity contribution in [2.45, 2.75) is 26.3 Å². The number of hydrogen-bond acceptors (Lipinski definition) is 5. The summed E-state index contributed by atoms with van der Waals surface area (Å²) < 4.78 is 10.7. The maximum Gasteiger partial charge on any atom is 0.258 e. The quantitative estimate of drug-likeness (QED) is 0.659. The molecule has 1 aromatic heterocycles. The predicted octanol–water partition coefficient (Wildman–Crippen LogP) is 4.21. The van der Waals surface area contributed by atoms with Gasteiger partial charge in [0.15, 0.2) is 12.4 Å². The third-order valence-electron chi connectivity index (χ3n) is 4.00. The normalized spacial score (nSPS) is 11.8. The van der Waals surface area contributed by atoms with E-state index in [1.165, 1.54) is 0 Å². The third kappa shape index (κ3) is 5.08. The molecule has 2 aromatic carbocycles. The average molecular weight is 386 g/mol. The Balaban J connectivity index is 1.51. The number of ether oxygens (including phenoxy) is 1. The summed E-state index contributed by atoms with van der Waals surface area (Å²) in [6.45, 7) is 3.80. The van der Waals surface area contributed by atoms with E-state index in [4.69, 9.17) is 20.9 Å². The first-order valence-electron chi connectivity index (χ1n) is 8.66. The minimum absolute atomic E-state index is 0.0716. The van der Waals surface area contributed by atoms with Crippen LogP contribution in [0.2, 0.25) is 5.02 Å². The van der Waals surface area contributed by atoms with Crippen LogP contribution in [0.3, 0.4) is 0 Å². The molecule has 3 rings (SSSR count). The van der Waals surface area contributed by atoms with Gasteiger partial charge in [-0.25, -0.2) is 0 Å². The number of hydrogen-bond donors (Lipinski definition) is 1. The van der Waals surface area contributed by atoms with Gasteiger partial charge in [-0.1, -0.05) is 35.8 Å². The van der Waals surface area contributed by atoms with Gasteiger partial charge in [0.1, 0.15) is 5.75 Å². The first kappa shape index (κ1) is 18.9. The molecule has 0 aliphatic rings. The van der Waals surface area contributed by atoms with E-state index < -0.39 is 0 Å². The van der Waals surface area contributed by atoms with Crippen molar-refractivity contribution in [2.75, 3.05) is 6.61 Å². The molecule has 0 saturated heterocycles. The highest BCUT2D eigenvalue weighted by Gasteiger charge is 2.11. The summed E-state index contributed by atoms with van der Waals surface area (Å²) in [4.78, 5) is 16.4. The summed E-state index contributed by atoms with van der Waals surface area (Å²) in [5.74, 6) is 1.51. The van der Waals surface area contributed by atoms with Crippen molar-refractivity contribution in [2.24, 2.45) is 0 Å². The lowest BCUT2D eigenvalue weighted by molar-refractivity contribution is -0.123. The highest BCUT2D eigenvalue weighted by atomic mass is 35.5. The second kappa shape index (κ2) is 8.68. The van der Waals surface area contributed by atoms with Crippen LogP contribution in [0, 0.1) is 0 Å². The van der Waals surface area contributed by atoms with Gasteiger partial charge >= 0.3 is 0 Å². The maximum absolute atomic E-state index is 12.1. The average Bonchev–Trinajstić information content (AvgIpc) is 3.16. The molecule has 1 N–H and O–H groups in total. The molecule has 0 aliphatic heterocycles. The van der Waals surface area contributed by atoms with Crippen LogP contribution in [0.4, 0.5) is 0 Å². The first-order valence-corrected chi connectivity index (χ1v) is 9.03. The summed E-state index contributed by atoms with van der Waals surface area (Å²) in [7, 11) is 0. The number of aromatic nitrogens is 2. The highest BCUT2D eigenvalue weighted by Crippen LogP contribution is 2.21. The monoisotopic (exact) mass is 385 g/mol. The fraction of sp³-hybridized carbons (Fsp3) is 0.250. The van der Waals surface area contributed by atoms with Crippen molar-refractivity contribution < 1.29 is 14.1 Å². The molecule has 0 spiro atoms. The number of benzene rings is 2. The summed E-state index contributed by atoms with van der Waals surface area (Å²) in [6.07, 6.45) is 0.717. The van der Waals surface area contributed by atoms with Gasteiger partial charge in [-0.2, -0.15) is 4.98 Å². The zero-order chi connectivity index (χ0) is 19.2. The Labute approximate surface area is 162 Å². The van der Waals surface area contributed by atoms with E-state index in [-0.39, 0.29) is 18.6 Å². The Kier molecular flexibility index (Phi) is 6.08. The third-order valence-corrected chi connectivity index (χ3v) is 4.25. The van der Waals surface area contributed by atoms with Gasteiger partial charge in [-0.05, 0) is 48.9 Å². The van der Waals surface area contributed by atoms with Crippen molar-refractivity contribution in [1.82, 2.24) is 15.5 Å². The van der Waals surface area contributed by atoms with Gasteiger partial charge in [-0.3, -0.25) is 4.79 Å². The molecular weight excluding hydrogens is 366 g/mol. The van der Waals surface area contributed by atoms with Gasteiger partial charge in [0.2, 0.25) is 0 Å². The van der Waals surface area contributed by atoms with Crippen LogP contribution in [0.5, 0.6) is 5.75 Å². The minimum Gasteiger partial charge on any atom is -0.484 e. The zero-order valence-electron chi connectivity index (χ0n) is 15.1. The van der Waals surface area contributed by atoms with Gasteiger partial charge in [0, 0.05) is 17.0 Å². The van der Waals surface area contributed by atoms with Crippen molar-refractivity contribution in [3.63, 3.8) is 0 Å². The lowest BCUT2D eigenvalue weighted by Gasteiger charge is -2.15. The molecule has 0 fully saturated rings. The van der Waals surface area contributed by atoms with Gasteiger partial charge in [0.25, 0.3) is 11.8 Å². The fourth-order valence-electron chi connectivity index (χ4n) is 2.48. The first-order chi connectivity index (χ1) is 13.0. The van der Waals surface area contributed by atoms with Crippen LogP contribution < -0.4 is 10.1 Å². The Morgan fingerprint density at radius 2 is 1.89 bits per heavy atom.